The molecule has 1 rings (SSSR count). The number of rotatable bonds is 5. The highest BCUT2D eigenvalue weighted by Gasteiger charge is 2.26. The molecule has 0 saturated carbocycles. The van der Waals surface area contributed by atoms with Gasteiger partial charge < -0.3 is 16.4 Å². The second-order valence-electron chi connectivity index (χ2n) is 5.23. The lowest BCUT2D eigenvalue weighted by atomic mass is 9.92. The molecule has 0 fully saturated rings. The second kappa shape index (κ2) is 6.02. The summed E-state index contributed by atoms with van der Waals surface area (Å²) in [6.07, 6.45) is 0. The van der Waals surface area contributed by atoms with Crippen LogP contribution in [0.4, 0.5) is 5.69 Å². The molecule has 1 aromatic carbocycles. The van der Waals surface area contributed by atoms with Gasteiger partial charge in [0.15, 0.2) is 0 Å². The van der Waals surface area contributed by atoms with E-state index in [0.717, 1.165) is 16.8 Å². The summed E-state index contributed by atoms with van der Waals surface area (Å²) in [5.41, 5.74) is 7.97. The summed E-state index contributed by atoms with van der Waals surface area (Å²) in [7, 11) is 1.64. The van der Waals surface area contributed by atoms with Crippen molar-refractivity contribution in [2.24, 2.45) is 11.1 Å². The van der Waals surface area contributed by atoms with Gasteiger partial charge in [-0.3, -0.25) is 4.79 Å². The number of carbonyl (C=O) groups is 1. The van der Waals surface area contributed by atoms with E-state index in [1.807, 2.05) is 39.0 Å². The molecular formula is C14H21N3OS. The standard InChI is InChI=1S/C14H21N3OS/c1-9-5-6-10(12(15)19)11(7-9)17-8-14(2,3)13(18)16-4/h5-7,17H,8H2,1-4H3,(H2,15,19)(H,16,18). The van der Waals surface area contributed by atoms with Crippen LogP contribution < -0.4 is 16.4 Å². The maximum atomic E-state index is 11.7. The Morgan fingerprint density at radius 1 is 1.42 bits per heavy atom. The quantitative estimate of drug-likeness (QED) is 0.719. The van der Waals surface area contributed by atoms with Crippen LogP contribution in [0.1, 0.15) is 25.0 Å². The predicted octanol–water partition coefficient (Wildman–Crippen LogP) is 1.81. The van der Waals surface area contributed by atoms with Gasteiger partial charge in [0.1, 0.15) is 4.99 Å². The fourth-order valence-electron chi connectivity index (χ4n) is 1.75. The Hall–Kier alpha value is -1.62. The number of benzene rings is 1. The van der Waals surface area contributed by atoms with Crippen molar-refractivity contribution < 1.29 is 4.79 Å². The van der Waals surface area contributed by atoms with E-state index >= 15 is 0 Å². The molecule has 4 nitrogen and oxygen atoms in total. The first-order valence-corrected chi connectivity index (χ1v) is 6.55. The highest BCUT2D eigenvalue weighted by Crippen LogP contribution is 2.21. The molecule has 0 aliphatic heterocycles. The number of aryl methyl sites for hydroxylation is 1. The molecule has 1 aromatic rings. The van der Waals surface area contributed by atoms with Gasteiger partial charge >= 0.3 is 0 Å². The molecule has 0 spiro atoms. The number of nitrogens with two attached hydrogens (primary N) is 1. The Morgan fingerprint density at radius 3 is 2.58 bits per heavy atom. The molecule has 1 amide bonds. The third kappa shape index (κ3) is 3.92. The topological polar surface area (TPSA) is 67.2 Å². The van der Waals surface area contributed by atoms with E-state index in [2.05, 4.69) is 10.6 Å². The van der Waals surface area contributed by atoms with Gasteiger partial charge in [0, 0.05) is 24.8 Å². The zero-order chi connectivity index (χ0) is 14.6. The summed E-state index contributed by atoms with van der Waals surface area (Å²) in [5.74, 6) is -0.00970. The van der Waals surface area contributed by atoms with Crippen LogP contribution in [0.25, 0.3) is 0 Å². The zero-order valence-electron chi connectivity index (χ0n) is 11.8. The van der Waals surface area contributed by atoms with Crippen LogP contribution in [-0.4, -0.2) is 24.5 Å². The molecule has 0 aromatic heterocycles. The average molecular weight is 279 g/mol. The van der Waals surface area contributed by atoms with Gasteiger partial charge in [-0.25, -0.2) is 0 Å². The van der Waals surface area contributed by atoms with Crippen molar-refractivity contribution in [3.05, 3.63) is 29.3 Å². The minimum Gasteiger partial charge on any atom is -0.389 e. The van der Waals surface area contributed by atoms with Crippen molar-refractivity contribution in [2.75, 3.05) is 18.9 Å². The lowest BCUT2D eigenvalue weighted by molar-refractivity contribution is -0.128. The molecular weight excluding hydrogens is 258 g/mol. The van der Waals surface area contributed by atoms with Crippen LogP contribution in [0.15, 0.2) is 18.2 Å². The van der Waals surface area contributed by atoms with Crippen LogP contribution in [-0.2, 0) is 4.79 Å². The van der Waals surface area contributed by atoms with E-state index in [-0.39, 0.29) is 5.91 Å². The molecule has 0 saturated heterocycles. The number of hydrogen-bond acceptors (Lipinski definition) is 3. The fraction of sp³-hybridized carbons (Fsp3) is 0.429. The van der Waals surface area contributed by atoms with Crippen molar-refractivity contribution in [3.8, 4) is 0 Å². The Balaban J connectivity index is 2.91. The molecule has 0 heterocycles. The van der Waals surface area contributed by atoms with Crippen LogP contribution in [0.5, 0.6) is 0 Å². The number of thiocarbonyl (C=S) groups is 1. The van der Waals surface area contributed by atoms with Crippen molar-refractivity contribution in [1.82, 2.24) is 5.32 Å². The van der Waals surface area contributed by atoms with E-state index < -0.39 is 5.41 Å². The summed E-state index contributed by atoms with van der Waals surface area (Å²) in [4.78, 5) is 12.1. The molecule has 0 aliphatic carbocycles. The van der Waals surface area contributed by atoms with E-state index in [0.29, 0.717) is 11.5 Å². The van der Waals surface area contributed by atoms with Crippen LogP contribution in [0.3, 0.4) is 0 Å². The highest BCUT2D eigenvalue weighted by atomic mass is 32.1. The number of carbonyl (C=O) groups excluding carboxylic acids is 1. The van der Waals surface area contributed by atoms with Gasteiger partial charge in [0.2, 0.25) is 5.91 Å². The molecule has 19 heavy (non-hydrogen) atoms. The Labute approximate surface area is 119 Å². The van der Waals surface area contributed by atoms with Crippen LogP contribution in [0, 0.1) is 12.3 Å². The number of hydrogen-bond donors (Lipinski definition) is 3. The van der Waals surface area contributed by atoms with Crippen molar-refractivity contribution in [3.63, 3.8) is 0 Å². The fourth-order valence-corrected chi connectivity index (χ4v) is 1.93. The third-order valence-corrected chi connectivity index (χ3v) is 3.22. The number of amides is 1. The minimum absolute atomic E-state index is 0.00970. The summed E-state index contributed by atoms with van der Waals surface area (Å²) < 4.78 is 0. The first-order chi connectivity index (χ1) is 8.77. The lowest BCUT2D eigenvalue weighted by Crippen LogP contribution is -2.39. The summed E-state index contributed by atoms with van der Waals surface area (Å²) >= 11 is 5.03. The van der Waals surface area contributed by atoms with Crippen molar-refractivity contribution >= 4 is 28.8 Å². The second-order valence-corrected chi connectivity index (χ2v) is 5.67. The zero-order valence-corrected chi connectivity index (χ0v) is 12.6. The maximum absolute atomic E-state index is 11.7. The lowest BCUT2D eigenvalue weighted by Gasteiger charge is -2.24. The normalized spacial score (nSPS) is 10.9. The molecule has 0 aliphatic rings. The Kier molecular flexibility index (Phi) is 4.89. The monoisotopic (exact) mass is 279 g/mol. The third-order valence-electron chi connectivity index (χ3n) is 3.00. The van der Waals surface area contributed by atoms with Gasteiger partial charge in [-0.1, -0.05) is 18.3 Å². The number of anilines is 1. The molecule has 5 heteroatoms. The molecule has 4 N–H and O–H groups in total. The summed E-state index contributed by atoms with van der Waals surface area (Å²) in [6.45, 7) is 6.27. The van der Waals surface area contributed by atoms with Crippen LogP contribution in [0.2, 0.25) is 0 Å². The predicted molar refractivity (Wildman–Crippen MR) is 83.4 cm³/mol. The van der Waals surface area contributed by atoms with Crippen molar-refractivity contribution in [1.29, 1.82) is 0 Å². The minimum atomic E-state index is -0.508. The summed E-state index contributed by atoms with van der Waals surface area (Å²) in [5, 5.41) is 5.92. The molecule has 0 atom stereocenters. The molecule has 0 unspecified atom stereocenters. The van der Waals surface area contributed by atoms with Gasteiger partial charge in [-0.15, -0.1) is 0 Å². The van der Waals surface area contributed by atoms with Gasteiger partial charge in [0.25, 0.3) is 0 Å². The van der Waals surface area contributed by atoms with Crippen LogP contribution >= 0.6 is 12.2 Å². The molecule has 104 valence electrons. The molecule has 0 bridgehead atoms. The van der Waals surface area contributed by atoms with Gasteiger partial charge in [-0.2, -0.15) is 0 Å². The first kappa shape index (κ1) is 15.4. The van der Waals surface area contributed by atoms with E-state index in [9.17, 15) is 4.79 Å². The largest absolute Gasteiger partial charge is 0.389 e. The Morgan fingerprint density at radius 2 is 2.05 bits per heavy atom. The first-order valence-electron chi connectivity index (χ1n) is 6.14. The van der Waals surface area contributed by atoms with E-state index in [1.165, 1.54) is 0 Å². The maximum Gasteiger partial charge on any atom is 0.227 e. The smallest absolute Gasteiger partial charge is 0.227 e. The molecule has 0 radical (unpaired) electrons. The van der Waals surface area contributed by atoms with Crippen molar-refractivity contribution in [2.45, 2.75) is 20.8 Å². The SMILES string of the molecule is CNC(=O)C(C)(C)CNc1cc(C)ccc1C(N)=S. The van der Waals surface area contributed by atoms with Gasteiger partial charge in [0.05, 0.1) is 5.41 Å². The summed E-state index contributed by atoms with van der Waals surface area (Å²) in [6, 6.07) is 5.84. The van der Waals surface area contributed by atoms with Gasteiger partial charge in [-0.05, 0) is 38.5 Å². The number of nitrogens with one attached hydrogen (secondary N) is 2. The Bertz CT molecular complexity index is 497. The van der Waals surface area contributed by atoms with E-state index in [1.54, 1.807) is 7.05 Å². The highest BCUT2D eigenvalue weighted by molar-refractivity contribution is 7.80. The van der Waals surface area contributed by atoms with E-state index in [4.69, 9.17) is 18.0 Å². The average Bonchev–Trinajstić information content (AvgIpc) is 2.35.